The fourth-order valence-electron chi connectivity index (χ4n) is 0.993. The van der Waals surface area contributed by atoms with E-state index < -0.39 is 22.5 Å². The number of hydrogen-bond donors (Lipinski definition) is 2. The van der Waals surface area contributed by atoms with E-state index in [1.165, 1.54) is 0 Å². The van der Waals surface area contributed by atoms with Crippen molar-refractivity contribution in [1.29, 1.82) is 0 Å². The SMILES string of the molecule is CC(C)[C@@H](Sc1n[nH]c(=O)[nH]c1=O)C(=O)[O-]. The van der Waals surface area contributed by atoms with Crippen molar-refractivity contribution < 1.29 is 9.90 Å². The maximum absolute atomic E-state index is 11.2. The van der Waals surface area contributed by atoms with Gasteiger partial charge in [-0.05, 0) is 5.92 Å². The Morgan fingerprint density at radius 3 is 2.50 bits per heavy atom. The van der Waals surface area contributed by atoms with Crippen LogP contribution >= 0.6 is 11.8 Å². The summed E-state index contributed by atoms with van der Waals surface area (Å²) in [4.78, 5) is 34.7. The third kappa shape index (κ3) is 2.96. The number of thioether (sulfide) groups is 1. The molecule has 2 N–H and O–H groups in total. The normalized spacial score (nSPS) is 12.7. The standard InChI is InChI=1S/C8H11N3O4S/c1-3(2)4(7(13)14)16-6-5(12)9-8(15)11-10-6/h3-4H,1-2H3,(H,13,14)(H2,9,11,12,15)/p-1/t4-/m1/s1. The summed E-state index contributed by atoms with van der Waals surface area (Å²) in [6.45, 7) is 3.38. The fraction of sp³-hybridized carbons (Fsp3) is 0.500. The summed E-state index contributed by atoms with van der Waals surface area (Å²) in [5.74, 6) is -1.49. The molecule has 0 saturated carbocycles. The smallest absolute Gasteiger partial charge is 0.342 e. The third-order valence-electron chi connectivity index (χ3n) is 1.76. The molecule has 0 amide bonds. The van der Waals surface area contributed by atoms with Crippen LogP contribution in [-0.2, 0) is 4.79 Å². The number of carbonyl (C=O) groups excluding carboxylic acids is 1. The van der Waals surface area contributed by atoms with Gasteiger partial charge in [-0.15, -0.1) is 0 Å². The zero-order valence-corrected chi connectivity index (χ0v) is 9.46. The largest absolute Gasteiger partial charge is 0.549 e. The lowest BCUT2D eigenvalue weighted by Crippen LogP contribution is -2.37. The van der Waals surface area contributed by atoms with E-state index in [0.717, 1.165) is 11.8 Å². The number of carboxylic acid groups (broad SMARTS) is 1. The summed E-state index contributed by atoms with van der Waals surface area (Å²) in [6, 6.07) is 0. The van der Waals surface area contributed by atoms with Crippen LogP contribution in [-0.4, -0.2) is 26.4 Å². The van der Waals surface area contributed by atoms with Gasteiger partial charge >= 0.3 is 5.69 Å². The average Bonchev–Trinajstić information content (AvgIpc) is 2.15. The average molecular weight is 244 g/mol. The monoisotopic (exact) mass is 244 g/mol. The molecule has 0 fully saturated rings. The maximum Gasteiger partial charge on any atom is 0.342 e. The lowest BCUT2D eigenvalue weighted by molar-refractivity contribution is -0.305. The van der Waals surface area contributed by atoms with Crippen molar-refractivity contribution in [1.82, 2.24) is 15.2 Å². The molecule has 0 unspecified atom stereocenters. The molecule has 8 heteroatoms. The summed E-state index contributed by atoms with van der Waals surface area (Å²) < 4.78 is 0. The predicted molar refractivity (Wildman–Crippen MR) is 55.0 cm³/mol. The van der Waals surface area contributed by atoms with Crippen molar-refractivity contribution in [2.24, 2.45) is 5.92 Å². The second-order valence-corrected chi connectivity index (χ2v) is 4.54. The van der Waals surface area contributed by atoms with Crippen LogP contribution in [0.2, 0.25) is 0 Å². The van der Waals surface area contributed by atoms with E-state index in [0.29, 0.717) is 0 Å². The summed E-state index contributed by atoms with van der Waals surface area (Å²) in [5.41, 5.74) is -1.44. The van der Waals surface area contributed by atoms with Gasteiger partial charge in [-0.2, -0.15) is 5.10 Å². The van der Waals surface area contributed by atoms with E-state index in [9.17, 15) is 19.5 Å². The molecule has 0 aliphatic heterocycles. The highest BCUT2D eigenvalue weighted by molar-refractivity contribution is 8.00. The first-order valence-electron chi connectivity index (χ1n) is 4.48. The number of carboxylic acids is 1. The highest BCUT2D eigenvalue weighted by atomic mass is 32.2. The zero-order chi connectivity index (χ0) is 12.3. The Hall–Kier alpha value is -1.57. The number of nitrogens with zero attached hydrogens (tertiary/aromatic N) is 1. The third-order valence-corrected chi connectivity index (χ3v) is 3.25. The molecule has 7 nitrogen and oxygen atoms in total. The van der Waals surface area contributed by atoms with E-state index in [-0.39, 0.29) is 10.9 Å². The van der Waals surface area contributed by atoms with Gasteiger partial charge in [0.15, 0.2) is 5.03 Å². The Kier molecular flexibility index (Phi) is 3.88. The number of aliphatic carboxylic acids is 1. The molecule has 88 valence electrons. The number of aromatic nitrogens is 3. The van der Waals surface area contributed by atoms with Gasteiger partial charge in [-0.3, -0.25) is 9.78 Å². The fourth-order valence-corrected chi connectivity index (χ4v) is 1.86. The summed E-state index contributed by atoms with van der Waals surface area (Å²) in [5, 5.41) is 15.3. The van der Waals surface area contributed by atoms with E-state index >= 15 is 0 Å². The number of rotatable bonds is 4. The highest BCUT2D eigenvalue weighted by Gasteiger charge is 2.18. The molecule has 1 rings (SSSR count). The molecule has 0 saturated heterocycles. The highest BCUT2D eigenvalue weighted by Crippen LogP contribution is 2.23. The molecule has 1 heterocycles. The van der Waals surface area contributed by atoms with Crippen LogP contribution in [0.25, 0.3) is 0 Å². The summed E-state index contributed by atoms with van der Waals surface area (Å²) in [7, 11) is 0. The van der Waals surface area contributed by atoms with Crippen molar-refractivity contribution in [3.8, 4) is 0 Å². The predicted octanol–water partition coefficient (Wildman–Crippen LogP) is -1.68. The summed E-state index contributed by atoms with van der Waals surface area (Å²) >= 11 is 0.753. The van der Waals surface area contributed by atoms with Crippen LogP contribution in [0.1, 0.15) is 13.8 Å². The van der Waals surface area contributed by atoms with Gasteiger partial charge in [0.1, 0.15) is 0 Å². The van der Waals surface area contributed by atoms with Crippen molar-refractivity contribution >= 4 is 17.7 Å². The lowest BCUT2D eigenvalue weighted by atomic mass is 10.1. The number of nitrogens with one attached hydrogen (secondary N) is 2. The van der Waals surface area contributed by atoms with Crippen LogP contribution < -0.4 is 16.4 Å². The van der Waals surface area contributed by atoms with Crippen LogP contribution in [0.3, 0.4) is 0 Å². The number of aromatic amines is 2. The molecule has 0 aliphatic rings. The quantitative estimate of drug-likeness (QED) is 0.611. The zero-order valence-electron chi connectivity index (χ0n) is 8.64. The van der Waals surface area contributed by atoms with Crippen LogP contribution in [0.5, 0.6) is 0 Å². The Labute approximate surface area is 94.3 Å². The van der Waals surface area contributed by atoms with Gasteiger partial charge in [0, 0.05) is 0 Å². The topological polar surface area (TPSA) is 119 Å². The Morgan fingerprint density at radius 1 is 1.44 bits per heavy atom. The first-order chi connectivity index (χ1) is 7.41. The minimum absolute atomic E-state index is 0.0949. The van der Waals surface area contributed by atoms with Crippen molar-refractivity contribution in [2.45, 2.75) is 24.1 Å². The first kappa shape index (κ1) is 12.5. The molecule has 1 aromatic rings. The van der Waals surface area contributed by atoms with Gasteiger partial charge in [0.05, 0.1) is 11.2 Å². The Balaban J connectivity index is 2.99. The van der Waals surface area contributed by atoms with Gasteiger partial charge in [0.2, 0.25) is 0 Å². The second-order valence-electron chi connectivity index (χ2n) is 3.41. The maximum atomic E-state index is 11.2. The molecular formula is C8H10N3O4S-. The first-order valence-corrected chi connectivity index (χ1v) is 5.36. The second kappa shape index (κ2) is 4.97. The molecule has 0 aromatic carbocycles. The van der Waals surface area contributed by atoms with Gasteiger partial charge in [-0.1, -0.05) is 25.6 Å². The van der Waals surface area contributed by atoms with E-state index in [4.69, 9.17) is 0 Å². The van der Waals surface area contributed by atoms with Crippen molar-refractivity contribution in [3.05, 3.63) is 20.8 Å². The Morgan fingerprint density at radius 2 is 2.06 bits per heavy atom. The number of hydrogen-bond acceptors (Lipinski definition) is 6. The lowest BCUT2D eigenvalue weighted by Gasteiger charge is -2.19. The van der Waals surface area contributed by atoms with E-state index in [1.54, 1.807) is 13.8 Å². The van der Waals surface area contributed by atoms with Gasteiger partial charge < -0.3 is 9.90 Å². The van der Waals surface area contributed by atoms with Crippen LogP contribution in [0.4, 0.5) is 0 Å². The minimum Gasteiger partial charge on any atom is -0.549 e. The number of carbonyl (C=O) groups is 1. The molecular weight excluding hydrogens is 234 g/mol. The molecule has 0 radical (unpaired) electrons. The van der Waals surface area contributed by atoms with Crippen LogP contribution in [0.15, 0.2) is 14.6 Å². The number of H-pyrrole nitrogens is 2. The van der Waals surface area contributed by atoms with Crippen molar-refractivity contribution in [3.63, 3.8) is 0 Å². The molecule has 0 aliphatic carbocycles. The Bertz CT molecular complexity index is 493. The van der Waals surface area contributed by atoms with Crippen LogP contribution in [0, 0.1) is 5.92 Å². The molecule has 0 bridgehead atoms. The van der Waals surface area contributed by atoms with Gasteiger partial charge in [-0.25, -0.2) is 9.89 Å². The molecule has 1 aromatic heterocycles. The minimum atomic E-state index is -1.27. The molecule has 1 atom stereocenters. The van der Waals surface area contributed by atoms with E-state index in [2.05, 4.69) is 5.10 Å². The van der Waals surface area contributed by atoms with Crippen molar-refractivity contribution in [2.75, 3.05) is 0 Å². The van der Waals surface area contributed by atoms with E-state index in [1.807, 2.05) is 10.1 Å². The molecule has 16 heavy (non-hydrogen) atoms. The molecule has 0 spiro atoms. The van der Waals surface area contributed by atoms with Gasteiger partial charge in [0.25, 0.3) is 5.56 Å². The summed E-state index contributed by atoms with van der Waals surface area (Å²) in [6.07, 6.45) is 0.